The Morgan fingerprint density at radius 2 is 1.74 bits per heavy atom. The molecule has 2 N–H and O–H groups in total. The van der Waals surface area contributed by atoms with Gasteiger partial charge in [0.25, 0.3) is 5.56 Å². The van der Waals surface area contributed by atoms with Crippen molar-refractivity contribution in [2.75, 3.05) is 13.1 Å². The van der Waals surface area contributed by atoms with Gasteiger partial charge in [-0.05, 0) is 43.1 Å². The lowest BCUT2D eigenvalue weighted by Gasteiger charge is -2.22. The monoisotopic (exact) mass is 305 g/mol. The van der Waals surface area contributed by atoms with Gasteiger partial charge in [0.1, 0.15) is 5.82 Å². The summed E-state index contributed by atoms with van der Waals surface area (Å²) in [6, 6.07) is 15.9. The largest absolute Gasteiger partial charge is 0.317 e. The molecule has 2 heterocycles. The molecule has 2 aromatic carbocycles. The van der Waals surface area contributed by atoms with Crippen LogP contribution < -0.4 is 10.9 Å². The van der Waals surface area contributed by atoms with E-state index in [2.05, 4.69) is 10.3 Å². The zero-order valence-corrected chi connectivity index (χ0v) is 12.9. The highest BCUT2D eigenvalue weighted by Gasteiger charge is 2.19. The van der Waals surface area contributed by atoms with Gasteiger partial charge in [0.2, 0.25) is 0 Å². The molecular weight excluding hydrogens is 286 g/mol. The predicted octanol–water partition coefficient (Wildman–Crippen LogP) is 3.06. The molecule has 1 aromatic heterocycles. The molecule has 0 bridgehead atoms. The first kappa shape index (κ1) is 14.2. The maximum atomic E-state index is 12.7. The van der Waals surface area contributed by atoms with Crippen LogP contribution in [0, 0.1) is 0 Å². The summed E-state index contributed by atoms with van der Waals surface area (Å²) in [6.07, 6.45) is 2.04. The lowest BCUT2D eigenvalue weighted by molar-refractivity contribution is 0.445. The minimum Gasteiger partial charge on any atom is -0.317 e. The van der Waals surface area contributed by atoms with Gasteiger partial charge in [-0.25, -0.2) is 4.98 Å². The summed E-state index contributed by atoms with van der Waals surface area (Å²) < 4.78 is 0. The van der Waals surface area contributed by atoms with Crippen molar-refractivity contribution in [3.8, 4) is 11.1 Å². The van der Waals surface area contributed by atoms with Crippen LogP contribution in [0.3, 0.4) is 0 Å². The van der Waals surface area contributed by atoms with E-state index in [1.54, 1.807) is 0 Å². The second kappa shape index (κ2) is 5.97. The zero-order chi connectivity index (χ0) is 15.6. The van der Waals surface area contributed by atoms with Gasteiger partial charge in [0.05, 0.1) is 10.9 Å². The molecule has 3 aromatic rings. The fourth-order valence-corrected chi connectivity index (χ4v) is 3.36. The number of nitrogens with one attached hydrogen (secondary N) is 2. The van der Waals surface area contributed by atoms with E-state index in [-0.39, 0.29) is 5.56 Å². The average Bonchev–Trinajstić information content (AvgIpc) is 2.62. The SMILES string of the molecule is O=c1[nH]c(C2CCNCC2)nc2cccc(-c3ccccc3)c12. The highest BCUT2D eigenvalue weighted by Crippen LogP contribution is 2.27. The third-order valence-electron chi connectivity index (χ3n) is 4.56. The number of hydrogen-bond acceptors (Lipinski definition) is 3. The fourth-order valence-electron chi connectivity index (χ4n) is 3.36. The maximum Gasteiger partial charge on any atom is 0.259 e. The molecule has 1 aliphatic heterocycles. The van der Waals surface area contributed by atoms with Crippen molar-refractivity contribution >= 4 is 10.9 Å². The normalized spacial score (nSPS) is 15.8. The molecule has 23 heavy (non-hydrogen) atoms. The van der Waals surface area contributed by atoms with Gasteiger partial charge < -0.3 is 10.3 Å². The van der Waals surface area contributed by atoms with Gasteiger partial charge in [0.15, 0.2) is 0 Å². The van der Waals surface area contributed by atoms with Crippen molar-refractivity contribution in [2.45, 2.75) is 18.8 Å². The molecule has 0 atom stereocenters. The smallest absolute Gasteiger partial charge is 0.259 e. The quantitative estimate of drug-likeness (QED) is 0.765. The van der Waals surface area contributed by atoms with E-state index in [1.807, 2.05) is 48.5 Å². The molecule has 0 unspecified atom stereocenters. The Morgan fingerprint density at radius 3 is 2.52 bits per heavy atom. The van der Waals surface area contributed by atoms with Gasteiger partial charge >= 0.3 is 0 Å². The molecule has 0 aliphatic carbocycles. The van der Waals surface area contributed by atoms with Gasteiger partial charge in [-0.3, -0.25) is 4.79 Å². The number of fused-ring (bicyclic) bond motifs is 1. The second-order valence-electron chi connectivity index (χ2n) is 6.04. The van der Waals surface area contributed by atoms with E-state index in [4.69, 9.17) is 4.98 Å². The van der Waals surface area contributed by atoms with E-state index < -0.39 is 0 Å². The van der Waals surface area contributed by atoms with Gasteiger partial charge in [-0.15, -0.1) is 0 Å². The lowest BCUT2D eigenvalue weighted by Crippen LogP contribution is -2.28. The minimum atomic E-state index is -0.0389. The summed E-state index contributed by atoms with van der Waals surface area (Å²) in [6.45, 7) is 1.97. The van der Waals surface area contributed by atoms with Gasteiger partial charge in [-0.1, -0.05) is 42.5 Å². The Kier molecular flexibility index (Phi) is 3.67. The summed E-state index contributed by atoms with van der Waals surface area (Å²) in [7, 11) is 0. The summed E-state index contributed by atoms with van der Waals surface area (Å²) in [5.41, 5.74) is 2.72. The van der Waals surface area contributed by atoms with Crippen molar-refractivity contribution < 1.29 is 0 Å². The Labute approximate surface area is 134 Å². The van der Waals surface area contributed by atoms with E-state index >= 15 is 0 Å². The molecule has 4 nitrogen and oxygen atoms in total. The Bertz CT molecular complexity index is 880. The highest BCUT2D eigenvalue weighted by atomic mass is 16.1. The molecule has 4 heteroatoms. The number of rotatable bonds is 2. The van der Waals surface area contributed by atoms with Crippen LogP contribution in [0.1, 0.15) is 24.6 Å². The fraction of sp³-hybridized carbons (Fsp3) is 0.263. The standard InChI is InChI=1S/C19H19N3O/c23-19-17-15(13-5-2-1-3-6-13)7-4-8-16(17)21-18(22-19)14-9-11-20-12-10-14/h1-8,14,20H,9-12H2,(H,21,22,23). The van der Waals surface area contributed by atoms with Gasteiger partial charge in [0, 0.05) is 5.92 Å². The zero-order valence-electron chi connectivity index (χ0n) is 12.9. The molecule has 0 amide bonds. The molecule has 0 radical (unpaired) electrons. The van der Waals surface area contributed by atoms with E-state index in [0.717, 1.165) is 48.4 Å². The van der Waals surface area contributed by atoms with Gasteiger partial charge in [-0.2, -0.15) is 0 Å². The first-order valence-corrected chi connectivity index (χ1v) is 8.12. The van der Waals surface area contributed by atoms with Crippen LogP contribution >= 0.6 is 0 Å². The van der Waals surface area contributed by atoms with Crippen molar-refractivity contribution in [3.63, 3.8) is 0 Å². The number of piperidine rings is 1. The van der Waals surface area contributed by atoms with Crippen molar-refractivity contribution in [2.24, 2.45) is 0 Å². The number of aromatic amines is 1. The average molecular weight is 305 g/mol. The third-order valence-corrected chi connectivity index (χ3v) is 4.56. The number of benzene rings is 2. The molecule has 1 fully saturated rings. The van der Waals surface area contributed by atoms with Crippen LogP contribution in [0.4, 0.5) is 0 Å². The molecule has 1 saturated heterocycles. The summed E-state index contributed by atoms with van der Waals surface area (Å²) in [4.78, 5) is 20.5. The highest BCUT2D eigenvalue weighted by molar-refractivity contribution is 5.93. The minimum absolute atomic E-state index is 0.0389. The first-order chi connectivity index (χ1) is 11.3. The van der Waals surface area contributed by atoms with E-state index in [0.29, 0.717) is 11.3 Å². The molecule has 1 aliphatic rings. The van der Waals surface area contributed by atoms with Crippen LogP contribution in [0.25, 0.3) is 22.0 Å². The number of aromatic nitrogens is 2. The summed E-state index contributed by atoms with van der Waals surface area (Å²) in [5.74, 6) is 1.17. The molecule has 0 saturated carbocycles. The molecule has 116 valence electrons. The number of H-pyrrole nitrogens is 1. The summed E-state index contributed by atoms with van der Waals surface area (Å²) >= 11 is 0. The van der Waals surface area contributed by atoms with Crippen molar-refractivity contribution in [1.82, 2.24) is 15.3 Å². The number of hydrogen-bond donors (Lipinski definition) is 2. The topological polar surface area (TPSA) is 57.8 Å². The van der Waals surface area contributed by atoms with Crippen molar-refractivity contribution in [1.29, 1.82) is 0 Å². The van der Waals surface area contributed by atoms with Crippen LogP contribution in [0.5, 0.6) is 0 Å². The second-order valence-corrected chi connectivity index (χ2v) is 6.04. The Balaban J connectivity index is 1.87. The third kappa shape index (κ3) is 2.66. The molecule has 0 spiro atoms. The molecule has 4 rings (SSSR count). The number of nitrogens with zero attached hydrogens (tertiary/aromatic N) is 1. The van der Waals surface area contributed by atoms with Crippen LogP contribution in [0.2, 0.25) is 0 Å². The van der Waals surface area contributed by atoms with Crippen LogP contribution in [-0.2, 0) is 0 Å². The van der Waals surface area contributed by atoms with E-state index in [1.165, 1.54) is 0 Å². The maximum absolute atomic E-state index is 12.7. The predicted molar refractivity (Wildman–Crippen MR) is 92.6 cm³/mol. The first-order valence-electron chi connectivity index (χ1n) is 8.12. The molecular formula is C19H19N3O. The Hall–Kier alpha value is -2.46. The van der Waals surface area contributed by atoms with Crippen molar-refractivity contribution in [3.05, 3.63) is 64.7 Å². The summed E-state index contributed by atoms with van der Waals surface area (Å²) in [5, 5.41) is 4.02. The Morgan fingerprint density at radius 1 is 0.957 bits per heavy atom. The van der Waals surface area contributed by atoms with E-state index in [9.17, 15) is 4.79 Å². The lowest BCUT2D eigenvalue weighted by atomic mass is 9.96. The van der Waals surface area contributed by atoms with Crippen LogP contribution in [0.15, 0.2) is 53.3 Å². The van der Waals surface area contributed by atoms with Crippen LogP contribution in [-0.4, -0.2) is 23.1 Å².